The molecule has 0 spiro atoms. The molecule has 0 unspecified atom stereocenters. The summed E-state index contributed by atoms with van der Waals surface area (Å²) in [5.41, 5.74) is 0. The fraction of sp³-hybridized carbons (Fsp3) is 1.00. The van der Waals surface area contributed by atoms with E-state index in [9.17, 15) is 30.9 Å². The van der Waals surface area contributed by atoms with E-state index < -0.39 is 66.2 Å². The second-order valence-corrected chi connectivity index (χ2v) is 5.16. The number of halogens is 6. The molecule has 11 heteroatoms. The summed E-state index contributed by atoms with van der Waals surface area (Å²) in [6, 6.07) is 0. The highest BCUT2D eigenvalue weighted by Gasteiger charge is 2.28. The van der Waals surface area contributed by atoms with Gasteiger partial charge in [0, 0.05) is 19.3 Å². The highest BCUT2D eigenvalue weighted by atomic mass is 31.2. The van der Waals surface area contributed by atoms with Crippen molar-refractivity contribution in [1.82, 2.24) is 0 Å². The minimum atomic E-state index is -4.39. The summed E-state index contributed by atoms with van der Waals surface area (Å²) in [6.45, 7) is -2.13. The van der Waals surface area contributed by atoms with Gasteiger partial charge in [0.1, 0.15) is 0 Å². The molecule has 0 saturated carbocycles. The first-order valence-electron chi connectivity index (χ1n) is 5.63. The van der Waals surface area contributed by atoms with E-state index in [1.54, 1.807) is 0 Å². The van der Waals surface area contributed by atoms with Crippen molar-refractivity contribution >= 4 is 7.82 Å². The minimum absolute atomic E-state index is 0.710. The maximum Gasteiger partial charge on any atom is 0.474 e. The van der Waals surface area contributed by atoms with Gasteiger partial charge in [-0.1, -0.05) is 0 Å². The van der Waals surface area contributed by atoms with Gasteiger partial charge in [-0.15, -0.1) is 0 Å². The van der Waals surface area contributed by atoms with E-state index in [4.69, 9.17) is 0 Å². The maximum atomic E-state index is 11.9. The molecule has 0 radical (unpaired) electrons. The molecule has 20 heavy (non-hydrogen) atoms. The van der Waals surface area contributed by atoms with Crippen LogP contribution in [-0.4, -0.2) is 39.1 Å². The predicted octanol–water partition coefficient (Wildman–Crippen LogP) is 4.11. The van der Waals surface area contributed by atoms with Crippen molar-refractivity contribution in [3.05, 3.63) is 0 Å². The van der Waals surface area contributed by atoms with Crippen LogP contribution in [0.4, 0.5) is 26.3 Å². The van der Waals surface area contributed by atoms with Crippen LogP contribution in [0.5, 0.6) is 0 Å². The second-order valence-electron chi connectivity index (χ2n) is 3.49. The van der Waals surface area contributed by atoms with Crippen LogP contribution in [-0.2, 0) is 18.1 Å². The first-order chi connectivity index (χ1) is 9.25. The van der Waals surface area contributed by atoms with E-state index in [1.807, 2.05) is 0 Å². The molecule has 0 aliphatic heterocycles. The van der Waals surface area contributed by atoms with Crippen LogP contribution in [0.1, 0.15) is 19.3 Å². The van der Waals surface area contributed by atoms with Crippen molar-refractivity contribution in [2.75, 3.05) is 19.8 Å². The minimum Gasteiger partial charge on any atom is -0.287 e. The number of rotatable bonds is 12. The molecule has 0 heterocycles. The van der Waals surface area contributed by atoms with Gasteiger partial charge in [0.2, 0.25) is 19.3 Å². The molecule has 0 rings (SSSR count). The topological polar surface area (TPSA) is 44.8 Å². The molecule has 0 aromatic carbocycles. The molecule has 0 aromatic rings. The highest BCUT2D eigenvalue weighted by molar-refractivity contribution is 7.48. The third-order valence-corrected chi connectivity index (χ3v) is 3.25. The molecule has 0 aliphatic carbocycles. The van der Waals surface area contributed by atoms with Gasteiger partial charge >= 0.3 is 7.82 Å². The monoisotopic (exact) mass is 332 g/mol. The number of phosphoric acid groups is 1. The summed E-state index contributed by atoms with van der Waals surface area (Å²) in [6.07, 6.45) is -10.5. The predicted molar refractivity (Wildman–Crippen MR) is 57.3 cm³/mol. The second kappa shape index (κ2) is 10.4. The van der Waals surface area contributed by atoms with Crippen LogP contribution in [0, 0.1) is 0 Å². The number of alkyl halides is 6. The van der Waals surface area contributed by atoms with E-state index in [-0.39, 0.29) is 0 Å². The molecule has 0 atom stereocenters. The molecule has 0 bridgehead atoms. The van der Waals surface area contributed by atoms with Gasteiger partial charge in [0.05, 0.1) is 19.8 Å². The smallest absolute Gasteiger partial charge is 0.287 e. The van der Waals surface area contributed by atoms with Crippen LogP contribution < -0.4 is 0 Å². The Morgan fingerprint density at radius 3 is 1.10 bits per heavy atom. The maximum absolute atomic E-state index is 11.9. The summed E-state index contributed by atoms with van der Waals surface area (Å²) in [5.74, 6) is 0. The fourth-order valence-corrected chi connectivity index (χ4v) is 2.08. The van der Waals surface area contributed by atoms with Crippen LogP contribution in [0.3, 0.4) is 0 Å². The molecule has 0 fully saturated rings. The SMILES string of the molecule is O=P(OCCC(F)F)(OCCC(F)F)OCCC(F)F. The molecule has 0 aliphatic rings. The zero-order valence-corrected chi connectivity index (χ0v) is 11.2. The lowest BCUT2D eigenvalue weighted by atomic mass is 10.5. The van der Waals surface area contributed by atoms with Crippen LogP contribution in [0.25, 0.3) is 0 Å². The summed E-state index contributed by atoms with van der Waals surface area (Å²) < 4.78 is 96.3. The number of hydrogen-bond donors (Lipinski definition) is 0. The lowest BCUT2D eigenvalue weighted by Crippen LogP contribution is -2.08. The van der Waals surface area contributed by atoms with Gasteiger partial charge < -0.3 is 0 Å². The van der Waals surface area contributed by atoms with E-state index in [0.717, 1.165) is 0 Å². The molecule has 0 aromatic heterocycles. The van der Waals surface area contributed by atoms with Crippen molar-refractivity contribution in [2.45, 2.75) is 38.5 Å². The molecule has 0 saturated heterocycles. The summed E-state index contributed by atoms with van der Waals surface area (Å²) in [7, 11) is -4.39. The van der Waals surface area contributed by atoms with Gasteiger partial charge in [-0.3, -0.25) is 13.6 Å². The lowest BCUT2D eigenvalue weighted by molar-refractivity contribution is 0.0549. The Balaban J connectivity index is 4.23. The van der Waals surface area contributed by atoms with Crippen LogP contribution in [0.2, 0.25) is 0 Å². The summed E-state index contributed by atoms with van der Waals surface area (Å²) in [4.78, 5) is 0. The van der Waals surface area contributed by atoms with Gasteiger partial charge in [-0.2, -0.15) is 0 Å². The number of phosphoric ester groups is 1. The lowest BCUT2D eigenvalue weighted by Gasteiger charge is -2.17. The first kappa shape index (κ1) is 19.7. The van der Waals surface area contributed by atoms with Crippen molar-refractivity contribution in [3.8, 4) is 0 Å². The zero-order valence-electron chi connectivity index (χ0n) is 10.3. The molecular formula is C9H15F6O4P. The standard InChI is InChI=1S/C9H15F6O4P/c10-7(11)1-4-17-20(16,18-5-2-8(12)13)19-6-3-9(14)15/h7-9H,1-6H2. The Labute approximate surface area is 112 Å². The van der Waals surface area contributed by atoms with Crippen molar-refractivity contribution < 1.29 is 44.5 Å². The third kappa shape index (κ3) is 11.5. The molecule has 4 nitrogen and oxygen atoms in total. The van der Waals surface area contributed by atoms with Gasteiger partial charge in [0.25, 0.3) is 0 Å². The van der Waals surface area contributed by atoms with Gasteiger partial charge in [-0.25, -0.2) is 30.9 Å². The van der Waals surface area contributed by atoms with Crippen molar-refractivity contribution in [2.24, 2.45) is 0 Å². The van der Waals surface area contributed by atoms with E-state index in [0.29, 0.717) is 0 Å². The molecular weight excluding hydrogens is 317 g/mol. The van der Waals surface area contributed by atoms with Crippen LogP contribution >= 0.6 is 7.82 Å². The number of hydrogen-bond acceptors (Lipinski definition) is 4. The Morgan fingerprint density at radius 1 is 0.650 bits per heavy atom. The Kier molecular flexibility index (Phi) is 10.3. The summed E-state index contributed by atoms with van der Waals surface area (Å²) >= 11 is 0. The van der Waals surface area contributed by atoms with E-state index >= 15 is 0 Å². The Hall–Kier alpha value is -0.310. The van der Waals surface area contributed by atoms with E-state index in [1.165, 1.54) is 0 Å². The van der Waals surface area contributed by atoms with Gasteiger partial charge in [0.15, 0.2) is 0 Å². The Morgan fingerprint density at radius 2 is 0.900 bits per heavy atom. The third-order valence-electron chi connectivity index (χ3n) is 1.76. The molecule has 122 valence electrons. The first-order valence-corrected chi connectivity index (χ1v) is 7.09. The normalized spacial score (nSPS) is 12.8. The van der Waals surface area contributed by atoms with Crippen molar-refractivity contribution in [3.63, 3.8) is 0 Å². The van der Waals surface area contributed by atoms with E-state index in [2.05, 4.69) is 13.6 Å². The van der Waals surface area contributed by atoms with Gasteiger partial charge in [-0.05, 0) is 0 Å². The Bertz CT molecular complexity index is 249. The molecule has 0 N–H and O–H groups in total. The largest absolute Gasteiger partial charge is 0.474 e. The van der Waals surface area contributed by atoms with Crippen molar-refractivity contribution in [1.29, 1.82) is 0 Å². The zero-order chi connectivity index (χ0) is 15.6. The fourth-order valence-electron chi connectivity index (χ4n) is 0.873. The average Bonchev–Trinajstić information content (AvgIpc) is 2.27. The highest BCUT2D eigenvalue weighted by Crippen LogP contribution is 2.50. The van der Waals surface area contributed by atoms with Crippen LogP contribution in [0.15, 0.2) is 0 Å². The molecule has 0 amide bonds. The quantitative estimate of drug-likeness (QED) is 0.398. The average molecular weight is 332 g/mol. The summed E-state index contributed by atoms with van der Waals surface area (Å²) in [5, 5.41) is 0.